The number of anilines is 3. The van der Waals surface area contributed by atoms with Crippen molar-refractivity contribution in [3.8, 4) is 44.5 Å². The molecule has 298 valence electrons. The van der Waals surface area contributed by atoms with Gasteiger partial charge in [-0.2, -0.15) is 0 Å². The number of rotatable bonds is 5. The molecule has 13 rings (SSSR count). The monoisotopic (exact) mass is 803 g/mol. The smallest absolute Gasteiger partial charge is 0.0732 e. The van der Waals surface area contributed by atoms with Gasteiger partial charge in [0.25, 0.3) is 0 Å². The van der Waals surface area contributed by atoms with Gasteiger partial charge in [-0.3, -0.25) is 0 Å². The van der Waals surface area contributed by atoms with Crippen LogP contribution in [0, 0.1) is 0 Å². The summed E-state index contributed by atoms with van der Waals surface area (Å²) in [5.74, 6) is 0. The van der Waals surface area contributed by atoms with Crippen LogP contribution < -0.4 is 4.90 Å². The molecule has 1 unspecified atom stereocenters. The first kappa shape index (κ1) is 36.2. The van der Waals surface area contributed by atoms with Crippen LogP contribution in [-0.4, -0.2) is 0 Å². The molecule has 0 fully saturated rings. The van der Waals surface area contributed by atoms with Crippen molar-refractivity contribution in [1.82, 2.24) is 0 Å². The summed E-state index contributed by atoms with van der Waals surface area (Å²) in [5.41, 5.74) is 24.1. The third kappa shape index (κ3) is 5.05. The molecule has 1 atom stereocenters. The van der Waals surface area contributed by atoms with Gasteiger partial charge in [0, 0.05) is 22.5 Å². The lowest BCUT2D eigenvalue weighted by Gasteiger charge is -2.41. The summed E-state index contributed by atoms with van der Waals surface area (Å²) in [7, 11) is 0. The molecule has 1 heteroatoms. The number of hydrogen-bond acceptors (Lipinski definition) is 1. The lowest BCUT2D eigenvalue weighted by molar-refractivity contribution is 0.607. The molecular formula is C62H45N. The molecule has 4 aliphatic rings. The lowest BCUT2D eigenvalue weighted by atomic mass is 9.60. The fourth-order valence-electron chi connectivity index (χ4n) is 12.0. The first-order valence-corrected chi connectivity index (χ1v) is 22.5. The van der Waals surface area contributed by atoms with Crippen LogP contribution in [0.1, 0.15) is 60.1 Å². The molecule has 0 N–H and O–H groups in total. The normalized spacial score (nSPS) is 17.0. The average Bonchev–Trinajstić information content (AvgIpc) is 3.76. The molecule has 0 aliphatic heterocycles. The highest BCUT2D eigenvalue weighted by atomic mass is 15.1. The summed E-state index contributed by atoms with van der Waals surface area (Å²) < 4.78 is 0. The summed E-state index contributed by atoms with van der Waals surface area (Å²) in [6.45, 7) is 4.85. The molecule has 0 amide bonds. The Morgan fingerprint density at radius 1 is 0.413 bits per heavy atom. The molecule has 9 aromatic carbocycles. The zero-order valence-electron chi connectivity index (χ0n) is 35.6. The van der Waals surface area contributed by atoms with Crippen molar-refractivity contribution in [2.75, 3.05) is 4.90 Å². The molecule has 0 heterocycles. The summed E-state index contributed by atoms with van der Waals surface area (Å²) in [6, 6.07) is 75.5. The van der Waals surface area contributed by atoms with Gasteiger partial charge in [0.05, 0.1) is 5.41 Å². The number of hydrogen-bond donors (Lipinski definition) is 0. The minimum absolute atomic E-state index is 0.0520. The summed E-state index contributed by atoms with van der Waals surface area (Å²) >= 11 is 0. The third-order valence-electron chi connectivity index (χ3n) is 14.8. The Morgan fingerprint density at radius 2 is 0.968 bits per heavy atom. The Bertz CT molecular complexity index is 3400. The molecule has 9 aromatic rings. The zero-order chi connectivity index (χ0) is 41.9. The maximum atomic E-state index is 2.54. The van der Waals surface area contributed by atoms with Crippen LogP contribution in [0.4, 0.5) is 17.1 Å². The summed E-state index contributed by atoms with van der Waals surface area (Å²) in [6.07, 6.45) is 6.94. The van der Waals surface area contributed by atoms with Gasteiger partial charge in [-0.1, -0.05) is 195 Å². The third-order valence-corrected chi connectivity index (χ3v) is 14.8. The van der Waals surface area contributed by atoms with Crippen molar-refractivity contribution in [3.63, 3.8) is 0 Å². The Morgan fingerprint density at radius 3 is 1.70 bits per heavy atom. The standard InChI is InChI=1S/C62H45N/c1-61(2)54-25-12-9-21-48(54)51-36-33-45(38-57(51)61)63(44-31-28-41(29-32-44)40-16-5-3-6-17-40)46-34-37-52-49-22-10-13-26-55(49)62(58(52)39-46)56-27-14-11-23-50(56)53-24-15-20-43-30-35-47(60(62)59(43)53)42-18-7-4-8-19-42/h3-11,13-24,26-39H,12,25H2,1-2H3. The molecule has 0 bridgehead atoms. The number of fused-ring (bicyclic) bond motifs is 11. The highest BCUT2D eigenvalue weighted by Gasteiger charge is 2.51. The number of nitrogens with zero attached hydrogens (tertiary/aromatic N) is 1. The van der Waals surface area contributed by atoms with E-state index in [0.29, 0.717) is 0 Å². The van der Waals surface area contributed by atoms with Gasteiger partial charge in [-0.25, -0.2) is 0 Å². The fourth-order valence-corrected chi connectivity index (χ4v) is 12.0. The van der Waals surface area contributed by atoms with Gasteiger partial charge in [0.15, 0.2) is 0 Å². The quantitative estimate of drug-likeness (QED) is 0.168. The molecule has 0 saturated carbocycles. The van der Waals surface area contributed by atoms with Crippen molar-refractivity contribution in [2.45, 2.75) is 37.5 Å². The fraction of sp³-hybridized carbons (Fsp3) is 0.0968. The van der Waals surface area contributed by atoms with E-state index < -0.39 is 5.41 Å². The molecule has 0 saturated heterocycles. The van der Waals surface area contributed by atoms with Crippen LogP contribution in [-0.2, 0) is 10.8 Å². The largest absolute Gasteiger partial charge is 0.310 e. The molecular weight excluding hydrogens is 759 g/mol. The van der Waals surface area contributed by atoms with E-state index in [-0.39, 0.29) is 5.41 Å². The second-order valence-corrected chi connectivity index (χ2v) is 18.3. The Kier molecular flexibility index (Phi) is 7.76. The second kappa shape index (κ2) is 13.5. The molecule has 4 aliphatic carbocycles. The van der Waals surface area contributed by atoms with Crippen LogP contribution in [0.3, 0.4) is 0 Å². The van der Waals surface area contributed by atoms with Gasteiger partial charge < -0.3 is 4.90 Å². The highest BCUT2D eigenvalue weighted by molar-refractivity contribution is 6.10. The van der Waals surface area contributed by atoms with E-state index in [1.807, 2.05) is 0 Å². The van der Waals surface area contributed by atoms with Crippen molar-refractivity contribution < 1.29 is 0 Å². The van der Waals surface area contributed by atoms with Gasteiger partial charge in [-0.15, -0.1) is 0 Å². The van der Waals surface area contributed by atoms with Crippen LogP contribution in [0.15, 0.2) is 218 Å². The minimum atomic E-state index is -0.588. The summed E-state index contributed by atoms with van der Waals surface area (Å²) in [4.78, 5) is 2.51. The highest BCUT2D eigenvalue weighted by Crippen LogP contribution is 2.64. The second-order valence-electron chi connectivity index (χ2n) is 18.3. The SMILES string of the molecule is CC1(C)C2=C(C=CCC2)c2ccc(N(c3ccc(-c4ccccc4)cc3)c3ccc4c(c3)C3(c5ccccc5-4)c4ccccc4-c4cccc5ccc(-c6ccccc6)c3c45)cc21. The first-order valence-electron chi connectivity index (χ1n) is 22.5. The maximum absolute atomic E-state index is 2.54. The molecule has 63 heavy (non-hydrogen) atoms. The average molecular weight is 804 g/mol. The van der Waals surface area contributed by atoms with Crippen LogP contribution in [0.25, 0.3) is 60.9 Å². The molecule has 1 spiro atoms. The maximum Gasteiger partial charge on any atom is 0.0732 e. The van der Waals surface area contributed by atoms with E-state index in [1.165, 1.54) is 99.9 Å². The Balaban J connectivity index is 1.10. The molecule has 1 nitrogen and oxygen atoms in total. The topological polar surface area (TPSA) is 3.24 Å². The Hall–Kier alpha value is -7.48. The minimum Gasteiger partial charge on any atom is -0.310 e. The Labute approximate surface area is 370 Å². The van der Waals surface area contributed by atoms with Crippen molar-refractivity contribution in [1.29, 1.82) is 0 Å². The van der Waals surface area contributed by atoms with E-state index >= 15 is 0 Å². The van der Waals surface area contributed by atoms with Gasteiger partial charge in [0.1, 0.15) is 0 Å². The first-order chi connectivity index (χ1) is 31.0. The predicted octanol–water partition coefficient (Wildman–Crippen LogP) is 16.4. The van der Waals surface area contributed by atoms with E-state index in [9.17, 15) is 0 Å². The lowest BCUT2D eigenvalue weighted by Crippen LogP contribution is -2.32. The van der Waals surface area contributed by atoms with Crippen LogP contribution in [0.2, 0.25) is 0 Å². The van der Waals surface area contributed by atoms with E-state index in [4.69, 9.17) is 0 Å². The number of allylic oxidation sites excluding steroid dienone is 4. The van der Waals surface area contributed by atoms with E-state index in [0.717, 1.165) is 24.2 Å². The van der Waals surface area contributed by atoms with Gasteiger partial charge in [0.2, 0.25) is 0 Å². The van der Waals surface area contributed by atoms with Crippen LogP contribution in [0.5, 0.6) is 0 Å². The number of benzene rings is 9. The molecule has 0 aromatic heterocycles. The predicted molar refractivity (Wildman–Crippen MR) is 264 cm³/mol. The van der Waals surface area contributed by atoms with Crippen LogP contribution >= 0.6 is 0 Å². The van der Waals surface area contributed by atoms with Crippen molar-refractivity contribution in [2.24, 2.45) is 0 Å². The van der Waals surface area contributed by atoms with Crippen molar-refractivity contribution in [3.05, 3.63) is 251 Å². The van der Waals surface area contributed by atoms with Crippen molar-refractivity contribution >= 4 is 33.4 Å². The summed E-state index contributed by atoms with van der Waals surface area (Å²) in [5, 5.41) is 2.61. The van der Waals surface area contributed by atoms with Gasteiger partial charge >= 0.3 is 0 Å². The van der Waals surface area contributed by atoms with E-state index in [1.54, 1.807) is 5.57 Å². The van der Waals surface area contributed by atoms with Gasteiger partial charge in [-0.05, 0) is 143 Å². The zero-order valence-corrected chi connectivity index (χ0v) is 35.6. The molecule has 0 radical (unpaired) electrons. The van der Waals surface area contributed by atoms with E-state index in [2.05, 4.69) is 231 Å².